The zero-order chi connectivity index (χ0) is 21.4. The van der Waals surface area contributed by atoms with Gasteiger partial charge >= 0.3 is 0 Å². The number of anilines is 1. The third-order valence-corrected chi connectivity index (χ3v) is 6.41. The van der Waals surface area contributed by atoms with Gasteiger partial charge < -0.3 is 14.8 Å². The van der Waals surface area contributed by atoms with E-state index in [2.05, 4.69) is 25.8 Å². The number of piperazine rings is 1. The van der Waals surface area contributed by atoms with E-state index in [-0.39, 0.29) is 23.6 Å². The van der Waals surface area contributed by atoms with Gasteiger partial charge in [-0.2, -0.15) is 5.26 Å². The third-order valence-electron chi connectivity index (χ3n) is 6.41. The standard InChI is InChI=1S/C24H23N5O2/c25-13-16-3-6-18(7-4-16)28-14-19-8-9-20(15-28)29(19)23(30)10-5-17-12-22-21(24(31)27-17)2-1-11-26-22/h1-4,6-7,11-12,19-20H,5,8-10,14-15H2,(H,27,31). The maximum atomic E-state index is 13.1. The van der Waals surface area contributed by atoms with E-state index in [4.69, 9.17) is 5.26 Å². The summed E-state index contributed by atoms with van der Waals surface area (Å²) in [7, 11) is 0. The number of benzene rings is 1. The summed E-state index contributed by atoms with van der Waals surface area (Å²) in [4.78, 5) is 36.9. The monoisotopic (exact) mass is 413 g/mol. The fourth-order valence-corrected chi connectivity index (χ4v) is 4.91. The first-order valence-corrected chi connectivity index (χ1v) is 10.7. The number of amides is 1. The normalized spacial score (nSPS) is 20.1. The van der Waals surface area contributed by atoms with Crippen LogP contribution in [0.5, 0.6) is 0 Å². The molecule has 0 aliphatic carbocycles. The lowest BCUT2D eigenvalue weighted by molar-refractivity contribution is -0.134. The minimum Gasteiger partial charge on any atom is -0.367 e. The Morgan fingerprint density at radius 2 is 1.90 bits per heavy atom. The van der Waals surface area contributed by atoms with E-state index in [0.29, 0.717) is 29.3 Å². The summed E-state index contributed by atoms with van der Waals surface area (Å²) in [5, 5.41) is 9.56. The van der Waals surface area contributed by atoms with E-state index in [0.717, 1.165) is 37.3 Å². The lowest BCUT2D eigenvalue weighted by Gasteiger charge is -2.42. The zero-order valence-corrected chi connectivity index (χ0v) is 17.1. The number of hydrogen-bond donors (Lipinski definition) is 1. The molecule has 2 aliphatic heterocycles. The predicted molar refractivity (Wildman–Crippen MR) is 118 cm³/mol. The Bertz CT molecular complexity index is 1210. The number of nitriles is 1. The highest BCUT2D eigenvalue weighted by Gasteiger charge is 2.42. The van der Waals surface area contributed by atoms with Gasteiger partial charge in [0, 0.05) is 49.2 Å². The molecule has 0 spiro atoms. The van der Waals surface area contributed by atoms with Crippen molar-refractivity contribution in [1.82, 2.24) is 14.9 Å². The Labute approximate surface area is 179 Å². The van der Waals surface area contributed by atoms with Gasteiger partial charge in [0.15, 0.2) is 0 Å². The molecule has 2 bridgehead atoms. The zero-order valence-electron chi connectivity index (χ0n) is 17.1. The topological polar surface area (TPSA) is 93.1 Å². The van der Waals surface area contributed by atoms with Crippen LogP contribution in [0.15, 0.2) is 53.5 Å². The number of carbonyl (C=O) groups is 1. The van der Waals surface area contributed by atoms with Crippen molar-refractivity contribution in [3.8, 4) is 6.07 Å². The van der Waals surface area contributed by atoms with E-state index in [1.807, 2.05) is 30.3 Å². The molecule has 31 heavy (non-hydrogen) atoms. The Balaban J connectivity index is 1.26. The average Bonchev–Trinajstić information content (AvgIpc) is 3.07. The average molecular weight is 413 g/mol. The van der Waals surface area contributed by atoms with Gasteiger partial charge in [-0.3, -0.25) is 14.6 Å². The lowest BCUT2D eigenvalue weighted by atomic mass is 10.1. The van der Waals surface area contributed by atoms with Crippen LogP contribution in [0.4, 0.5) is 5.69 Å². The molecule has 3 aromatic rings. The van der Waals surface area contributed by atoms with Gasteiger partial charge in [-0.25, -0.2) is 0 Å². The fraction of sp³-hybridized carbons (Fsp3) is 0.333. The molecule has 2 atom stereocenters. The van der Waals surface area contributed by atoms with Gasteiger partial charge in [-0.1, -0.05) is 0 Å². The molecule has 2 fully saturated rings. The van der Waals surface area contributed by atoms with Crippen LogP contribution in [0.1, 0.15) is 30.5 Å². The van der Waals surface area contributed by atoms with E-state index in [1.165, 1.54) is 0 Å². The molecular formula is C24H23N5O2. The molecule has 2 saturated heterocycles. The highest BCUT2D eigenvalue weighted by molar-refractivity contribution is 5.79. The van der Waals surface area contributed by atoms with Crippen LogP contribution >= 0.6 is 0 Å². The maximum Gasteiger partial charge on any atom is 0.257 e. The van der Waals surface area contributed by atoms with Crippen LogP contribution in [0, 0.1) is 11.3 Å². The number of carbonyl (C=O) groups excluding carboxylic acids is 1. The molecule has 2 aliphatic rings. The van der Waals surface area contributed by atoms with Crippen molar-refractivity contribution >= 4 is 22.5 Å². The second kappa shape index (κ2) is 7.88. The van der Waals surface area contributed by atoms with Gasteiger partial charge in [-0.15, -0.1) is 0 Å². The Morgan fingerprint density at radius 3 is 2.61 bits per heavy atom. The minimum atomic E-state index is -0.163. The highest BCUT2D eigenvalue weighted by Crippen LogP contribution is 2.33. The molecule has 7 heteroatoms. The molecule has 0 saturated carbocycles. The van der Waals surface area contributed by atoms with E-state index >= 15 is 0 Å². The molecule has 7 nitrogen and oxygen atoms in total. The summed E-state index contributed by atoms with van der Waals surface area (Å²) >= 11 is 0. The van der Waals surface area contributed by atoms with Gasteiger partial charge in [0.2, 0.25) is 5.91 Å². The van der Waals surface area contributed by atoms with Crippen LogP contribution in [0.3, 0.4) is 0 Å². The highest BCUT2D eigenvalue weighted by atomic mass is 16.2. The van der Waals surface area contributed by atoms with Crippen molar-refractivity contribution in [1.29, 1.82) is 5.26 Å². The SMILES string of the molecule is N#Cc1ccc(N2CC3CCC(C2)N3C(=O)CCc2cc3ncccc3c(=O)[nH]2)cc1. The molecule has 5 rings (SSSR count). The number of pyridine rings is 2. The van der Waals surface area contributed by atoms with Crippen LogP contribution in [-0.2, 0) is 11.2 Å². The smallest absolute Gasteiger partial charge is 0.257 e. The third kappa shape index (κ3) is 3.66. The summed E-state index contributed by atoms with van der Waals surface area (Å²) in [5.41, 5.74) is 2.99. The Morgan fingerprint density at radius 1 is 1.16 bits per heavy atom. The van der Waals surface area contributed by atoms with Crippen molar-refractivity contribution in [2.75, 3.05) is 18.0 Å². The summed E-state index contributed by atoms with van der Waals surface area (Å²) < 4.78 is 0. The van der Waals surface area contributed by atoms with E-state index < -0.39 is 0 Å². The van der Waals surface area contributed by atoms with Gasteiger partial charge in [0.1, 0.15) is 0 Å². The Kier molecular flexibility index (Phi) is 4.91. The van der Waals surface area contributed by atoms with Crippen molar-refractivity contribution in [3.63, 3.8) is 0 Å². The number of nitrogens with one attached hydrogen (secondary N) is 1. The van der Waals surface area contributed by atoms with Crippen molar-refractivity contribution in [2.45, 2.75) is 37.8 Å². The summed E-state index contributed by atoms with van der Waals surface area (Å²) in [6.07, 6.45) is 4.57. The maximum absolute atomic E-state index is 13.1. The molecule has 1 amide bonds. The molecule has 1 N–H and O–H groups in total. The number of fused-ring (bicyclic) bond motifs is 3. The number of aryl methyl sites for hydroxylation is 1. The fourth-order valence-electron chi connectivity index (χ4n) is 4.91. The Hall–Kier alpha value is -3.66. The van der Waals surface area contributed by atoms with Gasteiger partial charge in [0.25, 0.3) is 5.56 Å². The summed E-state index contributed by atoms with van der Waals surface area (Å²) in [5.74, 6) is 0.147. The van der Waals surface area contributed by atoms with Crippen molar-refractivity contribution < 1.29 is 4.79 Å². The molecule has 4 heterocycles. The first kappa shape index (κ1) is 19.3. The number of nitrogens with zero attached hydrogens (tertiary/aromatic N) is 4. The number of aromatic nitrogens is 2. The first-order chi connectivity index (χ1) is 15.1. The van der Waals surface area contributed by atoms with Crippen LogP contribution < -0.4 is 10.5 Å². The second-order valence-electron chi connectivity index (χ2n) is 8.31. The van der Waals surface area contributed by atoms with E-state index in [9.17, 15) is 9.59 Å². The van der Waals surface area contributed by atoms with Crippen LogP contribution in [0.25, 0.3) is 10.9 Å². The summed E-state index contributed by atoms with van der Waals surface area (Å²) in [6.45, 7) is 1.62. The molecule has 1 aromatic carbocycles. The largest absolute Gasteiger partial charge is 0.367 e. The predicted octanol–water partition coefficient (Wildman–Crippen LogP) is 2.61. The lowest BCUT2D eigenvalue weighted by Crippen LogP contribution is -2.56. The first-order valence-electron chi connectivity index (χ1n) is 10.7. The molecular weight excluding hydrogens is 390 g/mol. The van der Waals surface area contributed by atoms with Crippen molar-refractivity contribution in [3.05, 3.63) is 70.3 Å². The molecule has 2 unspecified atom stereocenters. The quantitative estimate of drug-likeness (QED) is 0.710. The van der Waals surface area contributed by atoms with Crippen LogP contribution in [-0.4, -0.2) is 45.9 Å². The number of H-pyrrole nitrogens is 1. The van der Waals surface area contributed by atoms with Crippen molar-refractivity contribution in [2.24, 2.45) is 0 Å². The number of rotatable bonds is 4. The van der Waals surface area contributed by atoms with E-state index in [1.54, 1.807) is 18.3 Å². The minimum absolute atomic E-state index is 0.147. The number of aromatic amines is 1. The molecule has 2 aromatic heterocycles. The number of hydrogen-bond acceptors (Lipinski definition) is 5. The van der Waals surface area contributed by atoms with Gasteiger partial charge in [-0.05, 0) is 61.7 Å². The second-order valence-corrected chi connectivity index (χ2v) is 8.31. The summed E-state index contributed by atoms with van der Waals surface area (Å²) in [6, 6.07) is 15.6. The van der Waals surface area contributed by atoms with Gasteiger partial charge in [0.05, 0.1) is 22.5 Å². The van der Waals surface area contributed by atoms with Crippen LogP contribution in [0.2, 0.25) is 0 Å². The molecule has 156 valence electrons. The molecule has 0 radical (unpaired) electrons.